The predicted octanol–water partition coefficient (Wildman–Crippen LogP) is 0.867. The summed E-state index contributed by atoms with van der Waals surface area (Å²) in [4.78, 5) is 11.6. The first-order chi connectivity index (χ1) is 6.68. The largest absolute Gasteiger partial charge is 0.506 e. The third kappa shape index (κ3) is 1.64. The van der Waals surface area contributed by atoms with Gasteiger partial charge in [0.25, 0.3) is 5.91 Å². The average Bonchev–Trinajstić information content (AvgIpc) is 2.93. The zero-order valence-electron chi connectivity index (χ0n) is 7.66. The summed E-state index contributed by atoms with van der Waals surface area (Å²) in [7, 11) is 0. The fourth-order valence-electron chi connectivity index (χ4n) is 1.24. The van der Waals surface area contributed by atoms with Crippen LogP contribution in [0.2, 0.25) is 0 Å². The molecule has 0 aliphatic heterocycles. The summed E-state index contributed by atoms with van der Waals surface area (Å²) in [5.41, 5.74) is 6.06. The summed E-state index contributed by atoms with van der Waals surface area (Å²) in [6.45, 7) is 0. The van der Waals surface area contributed by atoms with Crippen LogP contribution in [-0.4, -0.2) is 17.1 Å². The second kappa shape index (κ2) is 3.21. The minimum atomic E-state index is -0.207. The Hall–Kier alpha value is -1.71. The van der Waals surface area contributed by atoms with Gasteiger partial charge in [-0.2, -0.15) is 0 Å². The maximum absolute atomic E-state index is 11.6. The van der Waals surface area contributed by atoms with E-state index in [-0.39, 0.29) is 17.3 Å². The molecule has 0 heterocycles. The third-order valence-electron chi connectivity index (χ3n) is 2.24. The van der Waals surface area contributed by atoms with Crippen LogP contribution < -0.4 is 11.1 Å². The van der Waals surface area contributed by atoms with Crippen molar-refractivity contribution >= 4 is 11.6 Å². The van der Waals surface area contributed by atoms with Gasteiger partial charge in [-0.1, -0.05) is 6.07 Å². The van der Waals surface area contributed by atoms with Crippen molar-refractivity contribution in [1.82, 2.24) is 5.32 Å². The van der Waals surface area contributed by atoms with E-state index in [9.17, 15) is 9.90 Å². The van der Waals surface area contributed by atoms with Crippen molar-refractivity contribution in [2.75, 3.05) is 5.73 Å². The second-order valence-corrected chi connectivity index (χ2v) is 3.49. The summed E-state index contributed by atoms with van der Waals surface area (Å²) in [6.07, 6.45) is 2.06. The number of benzene rings is 1. The van der Waals surface area contributed by atoms with Crippen LogP contribution in [-0.2, 0) is 0 Å². The molecule has 1 amide bonds. The second-order valence-electron chi connectivity index (χ2n) is 3.49. The van der Waals surface area contributed by atoms with E-state index in [1.54, 1.807) is 12.1 Å². The van der Waals surface area contributed by atoms with E-state index in [1.807, 2.05) is 0 Å². The molecule has 74 valence electrons. The summed E-state index contributed by atoms with van der Waals surface area (Å²) in [5, 5.41) is 12.1. The number of carbonyl (C=O) groups excluding carboxylic acids is 1. The Morgan fingerprint density at radius 3 is 2.86 bits per heavy atom. The molecule has 0 aromatic heterocycles. The van der Waals surface area contributed by atoms with Gasteiger partial charge >= 0.3 is 0 Å². The van der Waals surface area contributed by atoms with Crippen molar-refractivity contribution < 1.29 is 9.90 Å². The Labute approximate surface area is 81.7 Å². The topological polar surface area (TPSA) is 75.3 Å². The number of nitrogen functional groups attached to an aromatic ring is 1. The van der Waals surface area contributed by atoms with Gasteiger partial charge in [0.2, 0.25) is 0 Å². The average molecular weight is 192 g/mol. The predicted molar refractivity (Wildman–Crippen MR) is 53.0 cm³/mol. The van der Waals surface area contributed by atoms with Crippen molar-refractivity contribution in [2.45, 2.75) is 18.9 Å². The number of phenols is 1. The van der Waals surface area contributed by atoms with Crippen LogP contribution in [0.1, 0.15) is 23.2 Å². The van der Waals surface area contributed by atoms with Gasteiger partial charge in [0.05, 0.1) is 11.3 Å². The van der Waals surface area contributed by atoms with E-state index >= 15 is 0 Å². The van der Waals surface area contributed by atoms with E-state index in [0.717, 1.165) is 12.8 Å². The molecule has 1 fully saturated rings. The van der Waals surface area contributed by atoms with E-state index in [4.69, 9.17) is 5.73 Å². The maximum atomic E-state index is 11.6. The first kappa shape index (κ1) is 8.87. The number of hydrogen-bond acceptors (Lipinski definition) is 3. The lowest BCUT2D eigenvalue weighted by Gasteiger charge is -2.07. The van der Waals surface area contributed by atoms with Crippen molar-refractivity contribution in [3.05, 3.63) is 23.8 Å². The third-order valence-corrected chi connectivity index (χ3v) is 2.24. The van der Waals surface area contributed by atoms with Gasteiger partial charge in [-0.15, -0.1) is 0 Å². The Bertz CT molecular complexity index is 372. The normalized spacial score (nSPS) is 15.1. The first-order valence-electron chi connectivity index (χ1n) is 4.57. The lowest BCUT2D eigenvalue weighted by atomic mass is 10.1. The van der Waals surface area contributed by atoms with E-state index in [1.165, 1.54) is 6.07 Å². The van der Waals surface area contributed by atoms with Crippen molar-refractivity contribution in [1.29, 1.82) is 0 Å². The number of nitrogens with one attached hydrogen (secondary N) is 1. The van der Waals surface area contributed by atoms with E-state index in [2.05, 4.69) is 5.32 Å². The molecule has 1 aliphatic carbocycles. The number of nitrogens with two attached hydrogens (primary N) is 1. The van der Waals surface area contributed by atoms with Crippen LogP contribution in [0.15, 0.2) is 18.2 Å². The summed E-state index contributed by atoms with van der Waals surface area (Å²) < 4.78 is 0. The number of hydrogen-bond donors (Lipinski definition) is 3. The number of phenolic OH excluding ortho intramolecular Hbond substituents is 1. The minimum absolute atomic E-state index is 0.0477. The molecule has 0 radical (unpaired) electrons. The van der Waals surface area contributed by atoms with Gasteiger partial charge in [-0.05, 0) is 25.0 Å². The first-order valence-corrected chi connectivity index (χ1v) is 4.57. The molecule has 4 N–H and O–H groups in total. The highest BCUT2D eigenvalue weighted by atomic mass is 16.3. The summed E-state index contributed by atoms with van der Waals surface area (Å²) in [6, 6.07) is 4.97. The molecule has 0 spiro atoms. The van der Waals surface area contributed by atoms with E-state index in [0.29, 0.717) is 11.6 Å². The molecule has 4 heteroatoms. The molecular weight excluding hydrogens is 180 g/mol. The smallest absolute Gasteiger partial charge is 0.253 e. The van der Waals surface area contributed by atoms with Crippen molar-refractivity contribution in [3.8, 4) is 5.75 Å². The Morgan fingerprint density at radius 1 is 1.50 bits per heavy atom. The van der Waals surface area contributed by atoms with Crippen LogP contribution in [0.3, 0.4) is 0 Å². The Morgan fingerprint density at radius 2 is 2.21 bits per heavy atom. The lowest BCUT2D eigenvalue weighted by Crippen LogP contribution is -2.26. The summed E-state index contributed by atoms with van der Waals surface area (Å²) >= 11 is 0. The molecule has 0 bridgehead atoms. The van der Waals surface area contributed by atoms with Crippen molar-refractivity contribution in [3.63, 3.8) is 0 Å². The Kier molecular flexibility index (Phi) is 2.04. The van der Waals surface area contributed by atoms with Gasteiger partial charge in [-0.3, -0.25) is 4.79 Å². The molecule has 2 rings (SSSR count). The molecular formula is C10H12N2O2. The van der Waals surface area contributed by atoms with Crippen LogP contribution in [0.25, 0.3) is 0 Å². The fourth-order valence-corrected chi connectivity index (χ4v) is 1.24. The summed E-state index contributed by atoms with van der Waals surface area (Å²) in [5.74, 6) is -0.255. The molecule has 0 unspecified atom stereocenters. The highest BCUT2D eigenvalue weighted by molar-refractivity contribution is 6.00. The number of carbonyl (C=O) groups is 1. The lowest BCUT2D eigenvalue weighted by molar-refractivity contribution is 0.0951. The molecule has 1 aromatic rings. The molecule has 0 atom stereocenters. The molecule has 1 saturated carbocycles. The molecule has 1 aromatic carbocycles. The highest BCUT2D eigenvalue weighted by Crippen LogP contribution is 2.25. The number of aromatic hydroxyl groups is 1. The highest BCUT2D eigenvalue weighted by Gasteiger charge is 2.24. The van der Waals surface area contributed by atoms with Gasteiger partial charge in [0.1, 0.15) is 5.75 Å². The van der Waals surface area contributed by atoms with Gasteiger partial charge in [0.15, 0.2) is 0 Å². The van der Waals surface area contributed by atoms with Crippen LogP contribution >= 0.6 is 0 Å². The van der Waals surface area contributed by atoms with Gasteiger partial charge < -0.3 is 16.2 Å². The van der Waals surface area contributed by atoms with Crippen molar-refractivity contribution in [2.24, 2.45) is 0 Å². The SMILES string of the molecule is Nc1c(O)cccc1C(=O)NC1CC1. The zero-order valence-corrected chi connectivity index (χ0v) is 7.66. The van der Waals surface area contributed by atoms with Gasteiger partial charge in [-0.25, -0.2) is 0 Å². The number of anilines is 1. The van der Waals surface area contributed by atoms with Gasteiger partial charge in [0, 0.05) is 6.04 Å². The molecule has 4 nitrogen and oxygen atoms in total. The van der Waals surface area contributed by atoms with Crippen LogP contribution in [0.5, 0.6) is 5.75 Å². The van der Waals surface area contributed by atoms with Crippen LogP contribution in [0, 0.1) is 0 Å². The quantitative estimate of drug-likeness (QED) is 0.480. The molecule has 0 saturated heterocycles. The number of para-hydroxylation sites is 1. The number of amides is 1. The standard InChI is InChI=1S/C10H12N2O2/c11-9-7(2-1-3-8(9)13)10(14)12-6-4-5-6/h1-3,6,13H,4-5,11H2,(H,12,14). The zero-order chi connectivity index (χ0) is 10.1. The maximum Gasteiger partial charge on any atom is 0.253 e. The Balaban J connectivity index is 2.21. The monoisotopic (exact) mass is 192 g/mol. The van der Waals surface area contributed by atoms with Crippen LogP contribution in [0.4, 0.5) is 5.69 Å². The molecule has 1 aliphatic rings. The minimum Gasteiger partial charge on any atom is -0.506 e. The van der Waals surface area contributed by atoms with E-state index < -0.39 is 0 Å². The molecule has 14 heavy (non-hydrogen) atoms. The fraction of sp³-hybridized carbons (Fsp3) is 0.300. The number of rotatable bonds is 2.